The van der Waals surface area contributed by atoms with Crippen molar-refractivity contribution in [3.05, 3.63) is 50.4 Å². The molecule has 0 fully saturated rings. The van der Waals surface area contributed by atoms with Gasteiger partial charge in [-0.2, -0.15) is 5.26 Å². The van der Waals surface area contributed by atoms with Gasteiger partial charge in [-0.3, -0.25) is 4.57 Å². The van der Waals surface area contributed by atoms with E-state index >= 15 is 0 Å². The van der Waals surface area contributed by atoms with Crippen molar-refractivity contribution in [2.75, 3.05) is 5.73 Å². The molecule has 24 heavy (non-hydrogen) atoms. The first-order chi connectivity index (χ1) is 11.4. The minimum Gasteiger partial charge on any atom is -0.389 e. The van der Waals surface area contributed by atoms with Crippen molar-refractivity contribution in [1.82, 2.24) is 4.57 Å². The average molecular weight is 370 g/mol. The van der Waals surface area contributed by atoms with Gasteiger partial charge in [-0.05, 0) is 30.8 Å². The van der Waals surface area contributed by atoms with E-state index in [0.717, 1.165) is 26.5 Å². The number of thiophene rings is 1. The fourth-order valence-electron chi connectivity index (χ4n) is 3.35. The number of nitriles is 1. The number of aromatic nitrogens is 1. The molecule has 0 radical (unpaired) electrons. The van der Waals surface area contributed by atoms with Crippen molar-refractivity contribution in [2.45, 2.75) is 25.7 Å². The van der Waals surface area contributed by atoms with Gasteiger partial charge in [0.15, 0.2) is 3.95 Å². The van der Waals surface area contributed by atoms with E-state index in [1.54, 1.807) is 22.7 Å². The standard InChI is InChI=1S/C18H15N3S3/c1-18(2)8-12-14(13-11(9-19)16(20)24-15(13)18)23-17(22)21(12)10-6-4-3-5-7-10/h3-7H,8,20H2,1-2H3. The van der Waals surface area contributed by atoms with E-state index in [4.69, 9.17) is 18.0 Å². The van der Waals surface area contributed by atoms with Crippen LogP contribution in [0.1, 0.15) is 30.0 Å². The highest BCUT2D eigenvalue weighted by atomic mass is 32.1. The van der Waals surface area contributed by atoms with Crippen molar-refractivity contribution in [2.24, 2.45) is 0 Å². The second kappa shape index (κ2) is 5.28. The van der Waals surface area contributed by atoms with E-state index in [0.29, 0.717) is 10.6 Å². The third kappa shape index (κ3) is 2.09. The van der Waals surface area contributed by atoms with Gasteiger partial charge in [0, 0.05) is 27.2 Å². The lowest BCUT2D eigenvalue weighted by molar-refractivity contribution is 0.516. The van der Waals surface area contributed by atoms with Crippen LogP contribution < -0.4 is 5.73 Å². The van der Waals surface area contributed by atoms with Gasteiger partial charge in [-0.15, -0.1) is 22.7 Å². The first kappa shape index (κ1) is 15.6. The Morgan fingerprint density at radius 2 is 1.96 bits per heavy atom. The lowest BCUT2D eigenvalue weighted by Crippen LogP contribution is -2.25. The predicted molar refractivity (Wildman–Crippen MR) is 104 cm³/mol. The Balaban J connectivity index is 2.09. The number of thiazole rings is 1. The van der Waals surface area contributed by atoms with Gasteiger partial charge in [-0.25, -0.2) is 0 Å². The average Bonchev–Trinajstić information content (AvgIpc) is 3.05. The van der Waals surface area contributed by atoms with Crippen LogP contribution in [0.5, 0.6) is 0 Å². The third-order valence-corrected chi connectivity index (χ3v) is 7.24. The molecular formula is C18H15N3S3. The van der Waals surface area contributed by atoms with E-state index in [-0.39, 0.29) is 5.41 Å². The second-order valence-electron chi connectivity index (χ2n) is 6.53. The predicted octanol–water partition coefficient (Wildman–Crippen LogP) is 5.28. The van der Waals surface area contributed by atoms with Crippen molar-refractivity contribution in [3.8, 4) is 22.2 Å². The number of benzene rings is 1. The molecule has 1 aliphatic rings. The smallest absolute Gasteiger partial charge is 0.166 e. The molecule has 0 atom stereocenters. The highest BCUT2D eigenvalue weighted by Crippen LogP contribution is 2.52. The van der Waals surface area contributed by atoms with Gasteiger partial charge in [0.25, 0.3) is 0 Å². The first-order valence-corrected chi connectivity index (χ1v) is 9.61. The molecule has 1 aromatic carbocycles. The minimum atomic E-state index is -0.0738. The zero-order valence-electron chi connectivity index (χ0n) is 13.3. The molecule has 0 saturated carbocycles. The molecule has 2 heterocycles. The number of nitrogens with zero attached hydrogens (tertiary/aromatic N) is 2. The van der Waals surface area contributed by atoms with Gasteiger partial charge in [-0.1, -0.05) is 32.0 Å². The summed E-state index contributed by atoms with van der Waals surface area (Å²) >= 11 is 8.78. The van der Waals surface area contributed by atoms with Crippen LogP contribution >= 0.6 is 34.9 Å². The summed E-state index contributed by atoms with van der Waals surface area (Å²) in [4.78, 5) is 2.29. The Labute approximate surface area is 153 Å². The van der Waals surface area contributed by atoms with Crippen molar-refractivity contribution < 1.29 is 0 Å². The molecule has 4 rings (SSSR count). The Morgan fingerprint density at radius 1 is 1.25 bits per heavy atom. The number of nitrogen functional groups attached to an aromatic ring is 1. The SMILES string of the molecule is CC1(C)Cc2c(sc(=S)n2-c2ccccc2)-c2c1sc(N)c2C#N. The van der Waals surface area contributed by atoms with Crippen LogP contribution in [0.4, 0.5) is 5.00 Å². The lowest BCUT2D eigenvalue weighted by atomic mass is 9.78. The van der Waals surface area contributed by atoms with E-state index in [1.807, 2.05) is 18.2 Å². The molecule has 0 spiro atoms. The number of hydrogen-bond acceptors (Lipinski definition) is 5. The number of hydrogen-bond donors (Lipinski definition) is 1. The number of anilines is 1. The molecular weight excluding hydrogens is 354 g/mol. The van der Waals surface area contributed by atoms with Gasteiger partial charge < -0.3 is 5.73 Å². The monoisotopic (exact) mass is 369 g/mol. The summed E-state index contributed by atoms with van der Waals surface area (Å²) in [7, 11) is 0. The van der Waals surface area contributed by atoms with Crippen molar-refractivity contribution in [1.29, 1.82) is 5.26 Å². The van der Waals surface area contributed by atoms with Gasteiger partial charge >= 0.3 is 0 Å². The Bertz CT molecular complexity index is 1050. The van der Waals surface area contributed by atoms with Crippen molar-refractivity contribution >= 4 is 39.9 Å². The maximum absolute atomic E-state index is 9.60. The molecule has 0 saturated heterocycles. The minimum absolute atomic E-state index is 0.0738. The molecule has 2 aromatic heterocycles. The summed E-state index contributed by atoms with van der Waals surface area (Å²) < 4.78 is 2.96. The molecule has 0 amide bonds. The normalized spacial score (nSPS) is 14.7. The molecule has 0 unspecified atom stereocenters. The zero-order valence-corrected chi connectivity index (χ0v) is 15.7. The van der Waals surface area contributed by atoms with Gasteiger partial charge in [0.1, 0.15) is 11.1 Å². The quantitative estimate of drug-likeness (QED) is 0.593. The summed E-state index contributed by atoms with van der Waals surface area (Å²) in [5.74, 6) is 0. The fourth-order valence-corrected chi connectivity index (χ4v) is 6.07. The molecule has 0 bridgehead atoms. The molecule has 1 aliphatic carbocycles. The van der Waals surface area contributed by atoms with Gasteiger partial charge in [0.05, 0.1) is 10.4 Å². The van der Waals surface area contributed by atoms with Crippen molar-refractivity contribution in [3.63, 3.8) is 0 Å². The number of rotatable bonds is 1. The fraction of sp³-hybridized carbons (Fsp3) is 0.222. The van der Waals surface area contributed by atoms with Crippen LogP contribution in [-0.2, 0) is 11.8 Å². The first-order valence-electron chi connectivity index (χ1n) is 7.57. The van der Waals surface area contributed by atoms with Gasteiger partial charge in [0.2, 0.25) is 0 Å². The summed E-state index contributed by atoms with van der Waals surface area (Å²) in [6.07, 6.45) is 0.877. The zero-order chi connectivity index (χ0) is 17.1. The molecule has 0 aliphatic heterocycles. The van der Waals surface area contributed by atoms with Crippen LogP contribution in [0, 0.1) is 15.3 Å². The van der Waals surface area contributed by atoms with Crippen LogP contribution in [0.2, 0.25) is 0 Å². The molecule has 3 aromatic rings. The highest BCUT2D eigenvalue weighted by Gasteiger charge is 2.38. The summed E-state index contributed by atoms with van der Waals surface area (Å²) in [6, 6.07) is 12.5. The van der Waals surface area contributed by atoms with Crippen LogP contribution in [0.25, 0.3) is 16.1 Å². The summed E-state index contributed by atoms with van der Waals surface area (Å²) in [5.41, 5.74) is 9.91. The van der Waals surface area contributed by atoms with E-state index in [2.05, 4.69) is 36.6 Å². The number of para-hydroxylation sites is 1. The van der Waals surface area contributed by atoms with Crippen LogP contribution in [0.3, 0.4) is 0 Å². The molecule has 2 N–H and O–H groups in total. The third-order valence-electron chi connectivity index (χ3n) is 4.42. The highest BCUT2D eigenvalue weighted by molar-refractivity contribution is 7.73. The second-order valence-corrected chi connectivity index (χ2v) is 9.23. The van der Waals surface area contributed by atoms with E-state index < -0.39 is 0 Å². The largest absolute Gasteiger partial charge is 0.389 e. The van der Waals surface area contributed by atoms with E-state index in [9.17, 15) is 5.26 Å². The van der Waals surface area contributed by atoms with Crippen LogP contribution in [0.15, 0.2) is 30.3 Å². The molecule has 3 nitrogen and oxygen atoms in total. The molecule has 120 valence electrons. The molecule has 6 heteroatoms. The summed E-state index contributed by atoms with van der Waals surface area (Å²) in [5, 5.41) is 10.2. The maximum Gasteiger partial charge on any atom is 0.166 e. The maximum atomic E-state index is 9.60. The number of nitrogens with two attached hydrogens (primary N) is 1. The van der Waals surface area contributed by atoms with Crippen LogP contribution in [-0.4, -0.2) is 4.57 Å². The number of fused-ring (bicyclic) bond motifs is 3. The van der Waals surface area contributed by atoms with E-state index in [1.165, 1.54) is 10.6 Å². The Kier molecular flexibility index (Phi) is 3.43. The summed E-state index contributed by atoms with van der Waals surface area (Å²) in [6.45, 7) is 4.42. The lowest BCUT2D eigenvalue weighted by Gasteiger charge is -2.30. The Morgan fingerprint density at radius 3 is 2.62 bits per heavy atom. The topological polar surface area (TPSA) is 54.7 Å². The Hall–Kier alpha value is -1.94.